The van der Waals surface area contributed by atoms with E-state index in [4.69, 9.17) is 4.74 Å². The van der Waals surface area contributed by atoms with Crippen LogP contribution in [0.2, 0.25) is 0 Å². The Kier molecular flexibility index (Phi) is 4.69. The van der Waals surface area contributed by atoms with Crippen molar-refractivity contribution < 1.29 is 4.74 Å². The Balaban J connectivity index is 1.94. The van der Waals surface area contributed by atoms with E-state index in [2.05, 4.69) is 16.0 Å². The molecular weight excluding hydrogens is 318 g/mol. The molecule has 0 bridgehead atoms. The maximum absolute atomic E-state index is 9.50. The van der Waals surface area contributed by atoms with Crippen molar-refractivity contribution in [3.8, 4) is 23.1 Å². The number of benzene rings is 1. The van der Waals surface area contributed by atoms with Gasteiger partial charge in [-0.2, -0.15) is 5.26 Å². The molecule has 0 unspecified atom stereocenters. The second kappa shape index (κ2) is 7.07. The number of aromatic nitrogens is 2. The molecule has 3 rings (SSSR count). The van der Waals surface area contributed by atoms with Crippen molar-refractivity contribution in [1.82, 2.24) is 9.97 Å². The van der Waals surface area contributed by atoms with Gasteiger partial charge in [0.15, 0.2) is 0 Å². The summed E-state index contributed by atoms with van der Waals surface area (Å²) in [5.41, 5.74) is 4.37. The van der Waals surface area contributed by atoms with Crippen molar-refractivity contribution in [2.45, 2.75) is 6.92 Å². The third-order valence-electron chi connectivity index (χ3n) is 3.56. The number of ether oxygens (including phenoxy) is 1. The largest absolute Gasteiger partial charge is 0.496 e. The minimum absolute atomic E-state index is 0.546. The van der Waals surface area contributed by atoms with Crippen LogP contribution in [-0.4, -0.2) is 17.1 Å². The molecule has 0 aliphatic heterocycles. The molecule has 0 aliphatic carbocycles. The topological polar surface area (TPSA) is 58.8 Å². The van der Waals surface area contributed by atoms with Gasteiger partial charge in [0.25, 0.3) is 0 Å². The van der Waals surface area contributed by atoms with Crippen molar-refractivity contribution in [1.29, 1.82) is 5.26 Å². The van der Waals surface area contributed by atoms with Crippen molar-refractivity contribution in [3.63, 3.8) is 0 Å². The SMILES string of the molecule is COc1ccc(/C=C(\C#N)c2nc(-c3ccncc3)cs2)cc1C. The maximum atomic E-state index is 9.50. The number of nitrogens with zero attached hydrogens (tertiary/aromatic N) is 3. The van der Waals surface area contributed by atoms with Crippen LogP contribution in [0.4, 0.5) is 0 Å². The summed E-state index contributed by atoms with van der Waals surface area (Å²) in [5.74, 6) is 0.833. The van der Waals surface area contributed by atoms with E-state index in [1.807, 2.05) is 48.7 Å². The second-order valence-electron chi connectivity index (χ2n) is 5.17. The Morgan fingerprint density at radius 1 is 1.25 bits per heavy atom. The van der Waals surface area contributed by atoms with Gasteiger partial charge < -0.3 is 4.74 Å². The zero-order valence-corrected chi connectivity index (χ0v) is 14.2. The Bertz CT molecular complexity index is 923. The molecule has 0 atom stereocenters. The summed E-state index contributed by atoms with van der Waals surface area (Å²) in [6.45, 7) is 1.98. The van der Waals surface area contributed by atoms with Crippen molar-refractivity contribution in [2.75, 3.05) is 7.11 Å². The first-order valence-electron chi connectivity index (χ1n) is 7.34. The molecule has 4 nitrogen and oxygen atoms in total. The fourth-order valence-electron chi connectivity index (χ4n) is 2.35. The van der Waals surface area contributed by atoms with E-state index in [1.54, 1.807) is 19.5 Å². The molecule has 0 radical (unpaired) electrons. The van der Waals surface area contributed by atoms with E-state index in [-0.39, 0.29) is 0 Å². The van der Waals surface area contributed by atoms with Crippen LogP contribution in [-0.2, 0) is 0 Å². The van der Waals surface area contributed by atoms with Crippen LogP contribution >= 0.6 is 11.3 Å². The number of hydrogen-bond acceptors (Lipinski definition) is 5. The van der Waals surface area contributed by atoms with Gasteiger partial charge in [0.05, 0.1) is 18.4 Å². The number of allylic oxidation sites excluding steroid dienone is 1. The van der Waals surface area contributed by atoms with Gasteiger partial charge in [0.1, 0.15) is 16.8 Å². The van der Waals surface area contributed by atoms with Crippen LogP contribution in [0.15, 0.2) is 48.1 Å². The Morgan fingerprint density at radius 3 is 2.71 bits per heavy atom. The summed E-state index contributed by atoms with van der Waals surface area (Å²) >= 11 is 1.46. The number of pyridine rings is 1. The van der Waals surface area contributed by atoms with Crippen LogP contribution in [0.5, 0.6) is 5.75 Å². The lowest BCUT2D eigenvalue weighted by molar-refractivity contribution is 0.411. The summed E-state index contributed by atoms with van der Waals surface area (Å²) < 4.78 is 5.27. The zero-order chi connectivity index (χ0) is 16.9. The highest BCUT2D eigenvalue weighted by Crippen LogP contribution is 2.27. The first-order chi connectivity index (χ1) is 11.7. The monoisotopic (exact) mass is 333 g/mol. The van der Waals surface area contributed by atoms with Crippen molar-refractivity contribution >= 4 is 23.0 Å². The van der Waals surface area contributed by atoms with E-state index >= 15 is 0 Å². The summed E-state index contributed by atoms with van der Waals surface area (Å²) in [6, 6.07) is 11.9. The molecule has 24 heavy (non-hydrogen) atoms. The third-order valence-corrected chi connectivity index (χ3v) is 4.44. The molecule has 0 saturated carbocycles. The minimum atomic E-state index is 0.546. The molecule has 3 aromatic rings. The molecule has 0 amide bonds. The molecular formula is C19H15N3OS. The van der Waals surface area contributed by atoms with Gasteiger partial charge >= 0.3 is 0 Å². The smallest absolute Gasteiger partial charge is 0.134 e. The Morgan fingerprint density at radius 2 is 2.04 bits per heavy atom. The first kappa shape index (κ1) is 15.9. The highest BCUT2D eigenvalue weighted by atomic mass is 32.1. The molecule has 1 aromatic carbocycles. The Labute approximate surface area is 144 Å². The average Bonchev–Trinajstić information content (AvgIpc) is 3.10. The van der Waals surface area contributed by atoms with Gasteiger partial charge in [0, 0.05) is 23.3 Å². The molecule has 5 heteroatoms. The van der Waals surface area contributed by atoms with Crippen LogP contribution in [0.1, 0.15) is 16.1 Å². The van der Waals surface area contributed by atoms with Gasteiger partial charge in [-0.3, -0.25) is 4.98 Å². The van der Waals surface area contributed by atoms with Crippen molar-refractivity contribution in [3.05, 3.63) is 64.2 Å². The first-order valence-corrected chi connectivity index (χ1v) is 8.22. The van der Waals surface area contributed by atoms with E-state index in [0.29, 0.717) is 10.6 Å². The highest BCUT2D eigenvalue weighted by Gasteiger charge is 2.09. The summed E-state index contributed by atoms with van der Waals surface area (Å²) in [6.07, 6.45) is 5.31. The van der Waals surface area contributed by atoms with E-state index in [1.165, 1.54) is 11.3 Å². The molecule has 0 saturated heterocycles. The normalized spacial score (nSPS) is 11.1. The maximum Gasteiger partial charge on any atom is 0.134 e. The minimum Gasteiger partial charge on any atom is -0.496 e. The van der Waals surface area contributed by atoms with Gasteiger partial charge in [0.2, 0.25) is 0 Å². The second-order valence-corrected chi connectivity index (χ2v) is 6.03. The van der Waals surface area contributed by atoms with E-state index < -0.39 is 0 Å². The van der Waals surface area contributed by atoms with Crippen LogP contribution in [0.3, 0.4) is 0 Å². The fraction of sp³-hybridized carbons (Fsp3) is 0.105. The number of thiazole rings is 1. The predicted molar refractivity (Wildman–Crippen MR) is 96.6 cm³/mol. The van der Waals surface area contributed by atoms with Gasteiger partial charge in [-0.05, 0) is 48.4 Å². The third kappa shape index (κ3) is 3.34. The van der Waals surface area contributed by atoms with Crippen LogP contribution in [0, 0.1) is 18.3 Å². The molecule has 0 fully saturated rings. The van der Waals surface area contributed by atoms with Gasteiger partial charge in [-0.15, -0.1) is 11.3 Å². The number of nitriles is 1. The highest BCUT2D eigenvalue weighted by molar-refractivity contribution is 7.11. The lowest BCUT2D eigenvalue weighted by Crippen LogP contribution is -1.88. The van der Waals surface area contributed by atoms with Gasteiger partial charge in [-0.1, -0.05) is 6.07 Å². The molecule has 2 heterocycles. The molecule has 0 aliphatic rings. The molecule has 2 aromatic heterocycles. The van der Waals surface area contributed by atoms with Crippen molar-refractivity contribution in [2.24, 2.45) is 0 Å². The lowest BCUT2D eigenvalue weighted by Gasteiger charge is -2.05. The van der Waals surface area contributed by atoms with Crippen LogP contribution < -0.4 is 4.74 Å². The van der Waals surface area contributed by atoms with E-state index in [9.17, 15) is 5.26 Å². The molecule has 0 N–H and O–H groups in total. The predicted octanol–water partition coefficient (Wildman–Crippen LogP) is 4.59. The number of hydrogen-bond donors (Lipinski definition) is 0. The average molecular weight is 333 g/mol. The zero-order valence-electron chi connectivity index (χ0n) is 13.4. The Hall–Kier alpha value is -2.97. The number of rotatable bonds is 4. The number of aryl methyl sites for hydroxylation is 1. The van der Waals surface area contributed by atoms with Gasteiger partial charge in [-0.25, -0.2) is 4.98 Å². The summed E-state index contributed by atoms with van der Waals surface area (Å²) in [7, 11) is 1.65. The standard InChI is InChI=1S/C19H15N3OS/c1-13-9-14(3-4-18(13)23-2)10-16(11-20)19-22-17(12-24-19)15-5-7-21-8-6-15/h3-10,12H,1-2H3/b16-10+. The quantitative estimate of drug-likeness (QED) is 0.655. The summed E-state index contributed by atoms with van der Waals surface area (Å²) in [5, 5.41) is 12.2. The summed E-state index contributed by atoms with van der Waals surface area (Å²) in [4.78, 5) is 8.59. The molecule has 0 spiro atoms. The van der Waals surface area contributed by atoms with Crippen LogP contribution in [0.25, 0.3) is 22.9 Å². The molecule has 118 valence electrons. The fourth-order valence-corrected chi connectivity index (χ4v) is 3.15. The van der Waals surface area contributed by atoms with E-state index in [0.717, 1.165) is 28.1 Å². The number of methoxy groups -OCH3 is 1. The lowest BCUT2D eigenvalue weighted by atomic mass is 10.1.